The fourth-order valence-corrected chi connectivity index (χ4v) is 1.30. The summed E-state index contributed by atoms with van der Waals surface area (Å²) in [6.45, 7) is 5.82. The molecule has 0 saturated carbocycles. The Bertz CT molecular complexity index is 343. The molecule has 3 heteroatoms. The van der Waals surface area contributed by atoms with Crippen LogP contribution in [0.4, 0.5) is 0 Å². The Labute approximate surface area is 97.5 Å². The molecule has 0 aliphatic carbocycles. The van der Waals surface area contributed by atoms with Gasteiger partial charge in [0.1, 0.15) is 0 Å². The van der Waals surface area contributed by atoms with Gasteiger partial charge in [-0.05, 0) is 47.2 Å². The monoisotopic (exact) mass is 301 g/mol. The summed E-state index contributed by atoms with van der Waals surface area (Å²) in [5, 5.41) is 2.78. The van der Waals surface area contributed by atoms with Crippen molar-refractivity contribution in [3.63, 3.8) is 0 Å². The molecule has 0 spiro atoms. The number of carbonyl (C=O) groups is 1. The number of hydrogen-bond donors (Lipinski definition) is 1. The molecule has 2 nitrogen and oxygen atoms in total. The van der Waals surface area contributed by atoms with Gasteiger partial charge < -0.3 is 5.32 Å². The lowest BCUT2D eigenvalue weighted by Gasteiger charge is -2.04. The van der Waals surface area contributed by atoms with Crippen LogP contribution in [-0.2, 0) is 11.3 Å². The molecule has 0 unspecified atom stereocenters. The summed E-state index contributed by atoms with van der Waals surface area (Å²) in [5.41, 5.74) is 1.63. The van der Waals surface area contributed by atoms with Crippen LogP contribution in [0, 0.1) is 3.57 Å². The summed E-state index contributed by atoms with van der Waals surface area (Å²) in [7, 11) is 0. The van der Waals surface area contributed by atoms with E-state index in [-0.39, 0.29) is 5.91 Å². The Morgan fingerprint density at radius 2 is 2.00 bits per heavy atom. The van der Waals surface area contributed by atoms with E-state index in [1.807, 2.05) is 24.3 Å². The molecule has 1 aromatic rings. The molecule has 1 N–H and O–H groups in total. The average Bonchev–Trinajstić information content (AvgIpc) is 2.16. The summed E-state index contributed by atoms with van der Waals surface area (Å²) in [4.78, 5) is 11.2. The molecule has 0 aromatic heterocycles. The zero-order valence-electron chi connectivity index (χ0n) is 8.01. The van der Waals surface area contributed by atoms with Crippen LogP contribution in [0.25, 0.3) is 0 Å². The first-order chi connectivity index (χ1) is 6.59. The van der Waals surface area contributed by atoms with Crippen LogP contribution in [0.15, 0.2) is 36.4 Å². The fraction of sp³-hybridized carbons (Fsp3) is 0.182. The van der Waals surface area contributed by atoms with Crippen molar-refractivity contribution in [2.45, 2.75) is 13.5 Å². The molecule has 1 rings (SSSR count). The number of nitrogens with one attached hydrogen (secondary N) is 1. The van der Waals surface area contributed by atoms with Crippen molar-refractivity contribution in [2.75, 3.05) is 0 Å². The van der Waals surface area contributed by atoms with Gasteiger partial charge in [-0.1, -0.05) is 18.7 Å². The maximum absolute atomic E-state index is 11.2. The first-order valence-corrected chi connectivity index (χ1v) is 5.35. The van der Waals surface area contributed by atoms with Crippen molar-refractivity contribution in [3.05, 3.63) is 45.6 Å². The lowest BCUT2D eigenvalue weighted by molar-refractivity contribution is -0.117. The van der Waals surface area contributed by atoms with Gasteiger partial charge in [-0.2, -0.15) is 0 Å². The normalized spacial score (nSPS) is 9.57. The predicted octanol–water partition coefficient (Wildman–Crippen LogP) is 2.48. The molecule has 0 bridgehead atoms. The van der Waals surface area contributed by atoms with Crippen molar-refractivity contribution in [3.8, 4) is 0 Å². The van der Waals surface area contributed by atoms with Crippen LogP contribution in [0.2, 0.25) is 0 Å². The smallest absolute Gasteiger partial charge is 0.246 e. The summed E-state index contributed by atoms with van der Waals surface area (Å²) in [5.74, 6) is -0.0939. The van der Waals surface area contributed by atoms with E-state index in [0.29, 0.717) is 12.1 Å². The molecule has 0 saturated heterocycles. The quantitative estimate of drug-likeness (QED) is 0.674. The third kappa shape index (κ3) is 3.49. The van der Waals surface area contributed by atoms with Crippen molar-refractivity contribution in [1.82, 2.24) is 5.32 Å². The van der Waals surface area contributed by atoms with Crippen LogP contribution >= 0.6 is 22.6 Å². The highest BCUT2D eigenvalue weighted by Crippen LogP contribution is 2.06. The third-order valence-electron chi connectivity index (χ3n) is 1.75. The zero-order valence-corrected chi connectivity index (χ0v) is 10.2. The second-order valence-electron chi connectivity index (χ2n) is 3.09. The Morgan fingerprint density at radius 3 is 2.50 bits per heavy atom. The maximum atomic E-state index is 11.2. The minimum Gasteiger partial charge on any atom is -0.348 e. The van der Waals surface area contributed by atoms with Gasteiger partial charge in [-0.25, -0.2) is 0 Å². The van der Waals surface area contributed by atoms with Gasteiger partial charge in [0.2, 0.25) is 5.91 Å². The van der Waals surface area contributed by atoms with Gasteiger partial charge in [0.15, 0.2) is 0 Å². The van der Waals surface area contributed by atoms with E-state index in [1.54, 1.807) is 6.92 Å². The molecular weight excluding hydrogens is 289 g/mol. The van der Waals surface area contributed by atoms with Crippen LogP contribution < -0.4 is 5.32 Å². The highest BCUT2D eigenvalue weighted by Gasteiger charge is 2.00. The minimum atomic E-state index is -0.0939. The summed E-state index contributed by atoms with van der Waals surface area (Å²) in [6.07, 6.45) is 0. The van der Waals surface area contributed by atoms with Gasteiger partial charge in [0.05, 0.1) is 0 Å². The van der Waals surface area contributed by atoms with E-state index in [1.165, 1.54) is 3.57 Å². The summed E-state index contributed by atoms with van der Waals surface area (Å²) < 4.78 is 1.19. The molecule has 0 aliphatic rings. The molecule has 0 atom stereocenters. The average molecular weight is 301 g/mol. The Balaban J connectivity index is 2.50. The van der Waals surface area contributed by atoms with Gasteiger partial charge in [0, 0.05) is 15.7 Å². The van der Waals surface area contributed by atoms with E-state index in [2.05, 4.69) is 34.5 Å². The SMILES string of the molecule is C=C(C)C(=O)NCc1ccc(I)cc1. The van der Waals surface area contributed by atoms with E-state index >= 15 is 0 Å². The topological polar surface area (TPSA) is 29.1 Å². The lowest BCUT2D eigenvalue weighted by atomic mass is 10.2. The molecule has 0 radical (unpaired) electrons. The molecule has 14 heavy (non-hydrogen) atoms. The van der Waals surface area contributed by atoms with Crippen molar-refractivity contribution < 1.29 is 4.79 Å². The second-order valence-corrected chi connectivity index (χ2v) is 4.34. The number of halogens is 1. The van der Waals surface area contributed by atoms with Gasteiger partial charge in [-0.3, -0.25) is 4.79 Å². The van der Waals surface area contributed by atoms with Gasteiger partial charge in [-0.15, -0.1) is 0 Å². The molecule has 0 fully saturated rings. The van der Waals surface area contributed by atoms with Crippen molar-refractivity contribution >= 4 is 28.5 Å². The second kappa shape index (κ2) is 5.14. The molecular formula is C11H12INO. The van der Waals surface area contributed by atoms with Crippen LogP contribution in [0.1, 0.15) is 12.5 Å². The number of rotatable bonds is 3. The molecule has 1 amide bonds. The fourth-order valence-electron chi connectivity index (χ4n) is 0.935. The van der Waals surface area contributed by atoms with Gasteiger partial charge >= 0.3 is 0 Å². The summed E-state index contributed by atoms with van der Waals surface area (Å²) >= 11 is 2.25. The molecule has 74 valence electrons. The number of hydrogen-bond acceptors (Lipinski definition) is 1. The molecule has 1 aromatic carbocycles. The van der Waals surface area contributed by atoms with Gasteiger partial charge in [0.25, 0.3) is 0 Å². The van der Waals surface area contributed by atoms with E-state index < -0.39 is 0 Å². The molecule has 0 heterocycles. The number of benzene rings is 1. The third-order valence-corrected chi connectivity index (χ3v) is 2.47. The Morgan fingerprint density at radius 1 is 1.43 bits per heavy atom. The van der Waals surface area contributed by atoms with Crippen LogP contribution in [0.3, 0.4) is 0 Å². The Hall–Kier alpha value is -0.840. The highest BCUT2D eigenvalue weighted by atomic mass is 127. The minimum absolute atomic E-state index is 0.0939. The first-order valence-electron chi connectivity index (χ1n) is 4.28. The van der Waals surface area contributed by atoms with E-state index in [9.17, 15) is 4.79 Å². The van der Waals surface area contributed by atoms with Crippen LogP contribution in [-0.4, -0.2) is 5.91 Å². The number of carbonyl (C=O) groups excluding carboxylic acids is 1. The van der Waals surface area contributed by atoms with Crippen molar-refractivity contribution in [2.24, 2.45) is 0 Å². The van der Waals surface area contributed by atoms with Crippen LogP contribution in [0.5, 0.6) is 0 Å². The maximum Gasteiger partial charge on any atom is 0.246 e. The molecule has 0 aliphatic heterocycles. The predicted molar refractivity (Wildman–Crippen MR) is 65.8 cm³/mol. The van der Waals surface area contributed by atoms with E-state index in [4.69, 9.17) is 0 Å². The largest absolute Gasteiger partial charge is 0.348 e. The Kier molecular flexibility index (Phi) is 4.13. The standard InChI is InChI=1S/C11H12INO/c1-8(2)11(14)13-7-9-3-5-10(12)6-4-9/h3-6H,1,7H2,2H3,(H,13,14). The zero-order chi connectivity index (χ0) is 10.6. The first kappa shape index (κ1) is 11.2. The lowest BCUT2D eigenvalue weighted by Crippen LogP contribution is -2.22. The number of amides is 1. The van der Waals surface area contributed by atoms with Crippen molar-refractivity contribution in [1.29, 1.82) is 0 Å². The van der Waals surface area contributed by atoms with E-state index in [0.717, 1.165) is 5.56 Å². The highest BCUT2D eigenvalue weighted by molar-refractivity contribution is 14.1. The summed E-state index contributed by atoms with van der Waals surface area (Å²) in [6, 6.07) is 8.03.